The van der Waals surface area contributed by atoms with Crippen LogP contribution in [0.5, 0.6) is 0 Å². The molecule has 1 aromatic heterocycles. The molecule has 0 radical (unpaired) electrons. The largest absolute Gasteiger partial charge is 0.477 e. The fraction of sp³-hybridized carbons (Fsp3) is 0.333. The van der Waals surface area contributed by atoms with Crippen LogP contribution in [0.3, 0.4) is 0 Å². The predicted molar refractivity (Wildman–Crippen MR) is 64.3 cm³/mol. The van der Waals surface area contributed by atoms with Gasteiger partial charge in [0, 0.05) is 20.6 Å². The van der Waals surface area contributed by atoms with E-state index in [1.54, 1.807) is 22.6 Å². The number of alkyl halides is 3. The van der Waals surface area contributed by atoms with Gasteiger partial charge in [0.2, 0.25) is 0 Å². The molecule has 9 heteroatoms. The molecular formula is C9H5F3INO3S. The fourth-order valence-corrected chi connectivity index (χ4v) is 3.95. The number of carboxylic acid groups (broad SMARTS) is 1. The van der Waals surface area contributed by atoms with E-state index in [1.165, 1.54) is 0 Å². The summed E-state index contributed by atoms with van der Waals surface area (Å²) in [7, 11) is 0. The van der Waals surface area contributed by atoms with Gasteiger partial charge in [-0.1, -0.05) is 0 Å². The predicted octanol–water partition coefficient (Wildman–Crippen LogP) is 2.46. The summed E-state index contributed by atoms with van der Waals surface area (Å²) in [6, 6.07) is 0. The SMILES string of the molecule is O=C(O)c1sc2c(c1I)CN(C(=O)C(F)(F)F)C2. The average Bonchev–Trinajstić information content (AvgIpc) is 2.76. The van der Waals surface area contributed by atoms with Crippen LogP contribution < -0.4 is 0 Å². The van der Waals surface area contributed by atoms with Gasteiger partial charge in [-0.3, -0.25) is 4.79 Å². The zero-order chi connectivity index (χ0) is 13.7. The molecule has 0 bridgehead atoms. The standard InChI is InChI=1S/C9H5F3INO3S/c10-9(11,12)8(17)14-1-3-4(2-14)18-6(5(3)13)7(15)16/h1-2H2,(H,15,16). The highest BCUT2D eigenvalue weighted by molar-refractivity contribution is 14.1. The van der Waals surface area contributed by atoms with Crippen molar-refractivity contribution >= 4 is 45.8 Å². The lowest BCUT2D eigenvalue weighted by atomic mass is 10.3. The summed E-state index contributed by atoms with van der Waals surface area (Å²) in [5, 5.41) is 8.87. The molecule has 2 heterocycles. The molecule has 0 aromatic carbocycles. The third-order valence-electron chi connectivity index (χ3n) is 2.43. The van der Waals surface area contributed by atoms with E-state index >= 15 is 0 Å². The van der Waals surface area contributed by atoms with Crippen molar-refractivity contribution in [2.75, 3.05) is 0 Å². The van der Waals surface area contributed by atoms with Crippen LogP contribution in [0.2, 0.25) is 0 Å². The van der Waals surface area contributed by atoms with Gasteiger partial charge in [-0.2, -0.15) is 13.2 Å². The van der Waals surface area contributed by atoms with E-state index in [0.717, 1.165) is 11.3 Å². The number of fused-ring (bicyclic) bond motifs is 1. The second-order valence-electron chi connectivity index (χ2n) is 3.61. The summed E-state index contributed by atoms with van der Waals surface area (Å²) >= 11 is 2.70. The monoisotopic (exact) mass is 391 g/mol. The highest BCUT2D eigenvalue weighted by Crippen LogP contribution is 2.37. The zero-order valence-electron chi connectivity index (χ0n) is 8.55. The lowest BCUT2D eigenvalue weighted by Gasteiger charge is -2.17. The molecule has 0 fully saturated rings. The number of hydrogen-bond donors (Lipinski definition) is 1. The number of halogens is 4. The molecular weight excluding hydrogens is 386 g/mol. The van der Waals surface area contributed by atoms with Crippen molar-refractivity contribution in [1.29, 1.82) is 0 Å². The molecule has 0 unspecified atom stereocenters. The summed E-state index contributed by atoms with van der Waals surface area (Å²) in [5.74, 6) is -2.99. The molecule has 98 valence electrons. The molecule has 0 spiro atoms. The van der Waals surface area contributed by atoms with Crippen LogP contribution in [-0.4, -0.2) is 28.1 Å². The van der Waals surface area contributed by atoms with Crippen molar-refractivity contribution in [3.05, 3.63) is 18.9 Å². The topological polar surface area (TPSA) is 57.6 Å². The van der Waals surface area contributed by atoms with Crippen molar-refractivity contribution in [1.82, 2.24) is 4.90 Å². The minimum Gasteiger partial charge on any atom is -0.477 e. The van der Waals surface area contributed by atoms with Gasteiger partial charge in [0.15, 0.2) is 0 Å². The number of hydrogen-bond acceptors (Lipinski definition) is 3. The first kappa shape index (κ1) is 13.6. The van der Waals surface area contributed by atoms with Crippen LogP contribution in [-0.2, 0) is 17.9 Å². The maximum Gasteiger partial charge on any atom is 0.471 e. The van der Waals surface area contributed by atoms with E-state index in [0.29, 0.717) is 18.9 Å². The van der Waals surface area contributed by atoms with E-state index in [-0.39, 0.29) is 18.0 Å². The van der Waals surface area contributed by atoms with Crippen molar-refractivity contribution in [3.63, 3.8) is 0 Å². The summed E-state index contributed by atoms with van der Waals surface area (Å²) in [4.78, 5) is 23.2. The summed E-state index contributed by atoms with van der Waals surface area (Å²) in [5.41, 5.74) is 0.510. The number of amides is 1. The third kappa shape index (κ3) is 2.20. The number of nitrogens with zero attached hydrogens (tertiary/aromatic N) is 1. The Labute approximate surface area is 117 Å². The van der Waals surface area contributed by atoms with Crippen LogP contribution in [0.15, 0.2) is 0 Å². The number of carboxylic acids is 1. The van der Waals surface area contributed by atoms with E-state index in [1.807, 2.05) is 0 Å². The van der Waals surface area contributed by atoms with E-state index in [4.69, 9.17) is 5.11 Å². The first-order valence-electron chi connectivity index (χ1n) is 4.61. The number of carbonyl (C=O) groups is 2. The van der Waals surface area contributed by atoms with Gasteiger partial charge < -0.3 is 10.0 Å². The summed E-state index contributed by atoms with van der Waals surface area (Å²) in [6.45, 7) is -0.364. The maximum absolute atomic E-state index is 12.3. The highest BCUT2D eigenvalue weighted by atomic mass is 127. The number of thiophene rings is 1. The smallest absolute Gasteiger partial charge is 0.471 e. The molecule has 1 aliphatic rings. The van der Waals surface area contributed by atoms with Crippen molar-refractivity contribution < 1.29 is 27.9 Å². The van der Waals surface area contributed by atoms with Gasteiger partial charge in [-0.15, -0.1) is 11.3 Å². The second-order valence-corrected chi connectivity index (χ2v) is 5.79. The average molecular weight is 391 g/mol. The normalized spacial score (nSPS) is 14.8. The molecule has 0 aliphatic carbocycles. The first-order chi connectivity index (χ1) is 8.21. The zero-order valence-corrected chi connectivity index (χ0v) is 11.5. The Hall–Kier alpha value is -0.840. The van der Waals surface area contributed by atoms with Crippen LogP contribution in [0.4, 0.5) is 13.2 Å². The minimum atomic E-state index is -4.89. The Kier molecular flexibility index (Phi) is 3.30. The Balaban J connectivity index is 2.25. The fourth-order valence-electron chi connectivity index (χ4n) is 1.65. The van der Waals surface area contributed by atoms with Gasteiger partial charge in [0.25, 0.3) is 0 Å². The van der Waals surface area contributed by atoms with E-state index in [9.17, 15) is 22.8 Å². The van der Waals surface area contributed by atoms with Crippen molar-refractivity contribution in [2.45, 2.75) is 19.3 Å². The van der Waals surface area contributed by atoms with Gasteiger partial charge in [-0.05, 0) is 22.6 Å². The number of aromatic carboxylic acids is 1. The molecule has 1 amide bonds. The molecule has 0 saturated carbocycles. The molecule has 18 heavy (non-hydrogen) atoms. The first-order valence-corrected chi connectivity index (χ1v) is 6.50. The molecule has 1 N–H and O–H groups in total. The molecule has 4 nitrogen and oxygen atoms in total. The minimum absolute atomic E-state index is 0.111. The Morgan fingerprint density at radius 3 is 2.39 bits per heavy atom. The molecule has 2 rings (SSSR count). The van der Waals surface area contributed by atoms with Crippen LogP contribution in [0.25, 0.3) is 0 Å². The summed E-state index contributed by atoms with van der Waals surface area (Å²) < 4.78 is 37.2. The quantitative estimate of drug-likeness (QED) is 0.749. The van der Waals surface area contributed by atoms with E-state index in [2.05, 4.69) is 0 Å². The van der Waals surface area contributed by atoms with Crippen LogP contribution in [0, 0.1) is 3.57 Å². The van der Waals surface area contributed by atoms with E-state index < -0.39 is 18.1 Å². The van der Waals surface area contributed by atoms with Crippen LogP contribution in [0.1, 0.15) is 20.1 Å². The highest BCUT2D eigenvalue weighted by Gasteiger charge is 2.45. The van der Waals surface area contributed by atoms with Crippen LogP contribution >= 0.6 is 33.9 Å². The van der Waals surface area contributed by atoms with Gasteiger partial charge in [0.05, 0.1) is 6.54 Å². The van der Waals surface area contributed by atoms with Crippen molar-refractivity contribution in [2.24, 2.45) is 0 Å². The number of carbonyl (C=O) groups excluding carboxylic acids is 1. The molecule has 1 aliphatic heterocycles. The van der Waals surface area contributed by atoms with Gasteiger partial charge in [0.1, 0.15) is 4.88 Å². The molecule has 0 saturated heterocycles. The van der Waals surface area contributed by atoms with Crippen molar-refractivity contribution in [3.8, 4) is 0 Å². The molecule has 0 atom stereocenters. The lowest BCUT2D eigenvalue weighted by molar-refractivity contribution is -0.186. The maximum atomic E-state index is 12.3. The summed E-state index contributed by atoms with van der Waals surface area (Å²) in [6.07, 6.45) is -4.89. The Morgan fingerprint density at radius 2 is 1.94 bits per heavy atom. The van der Waals surface area contributed by atoms with Gasteiger partial charge in [-0.25, -0.2) is 4.79 Å². The lowest BCUT2D eigenvalue weighted by Crippen LogP contribution is -2.37. The number of rotatable bonds is 1. The second kappa shape index (κ2) is 4.37. The van der Waals surface area contributed by atoms with Gasteiger partial charge >= 0.3 is 18.1 Å². The molecule has 1 aromatic rings. The Morgan fingerprint density at radius 1 is 1.33 bits per heavy atom. The third-order valence-corrected chi connectivity index (χ3v) is 5.19. The Bertz CT molecular complexity index is 540.